The Morgan fingerprint density at radius 2 is 1.92 bits per heavy atom. The highest BCUT2D eigenvalue weighted by Crippen LogP contribution is 2.38. The van der Waals surface area contributed by atoms with Gasteiger partial charge in [-0.3, -0.25) is 4.72 Å². The van der Waals surface area contributed by atoms with Gasteiger partial charge in [-0.1, -0.05) is 12.1 Å². The molecule has 0 bridgehead atoms. The first kappa shape index (κ1) is 18.1. The van der Waals surface area contributed by atoms with Crippen molar-refractivity contribution in [2.45, 2.75) is 20.4 Å². The molecule has 0 fully saturated rings. The number of rotatable bonds is 6. The van der Waals surface area contributed by atoms with Crippen LogP contribution in [0.1, 0.15) is 13.8 Å². The van der Waals surface area contributed by atoms with E-state index in [1.54, 1.807) is 26.2 Å². The van der Waals surface area contributed by atoms with Gasteiger partial charge in [-0.15, -0.1) is 0 Å². The third-order valence-corrected chi connectivity index (χ3v) is 5.72. The summed E-state index contributed by atoms with van der Waals surface area (Å²) in [5, 5.41) is 0.946. The molecule has 138 valence electrons. The Balaban J connectivity index is 2.18. The minimum atomic E-state index is -3.34. The summed E-state index contributed by atoms with van der Waals surface area (Å²) in [5.74, 6) is 0.787. The van der Waals surface area contributed by atoms with E-state index < -0.39 is 10.0 Å². The van der Waals surface area contributed by atoms with Crippen LogP contribution in [-0.4, -0.2) is 25.8 Å². The molecule has 0 atom stereocenters. The van der Waals surface area contributed by atoms with Gasteiger partial charge in [-0.25, -0.2) is 8.42 Å². The van der Waals surface area contributed by atoms with Gasteiger partial charge in [-0.05, 0) is 38.1 Å². The molecule has 3 N–H and O–H groups in total. The Morgan fingerprint density at radius 1 is 1.15 bits per heavy atom. The number of nitrogens with one attached hydrogen (secondary N) is 1. The maximum absolute atomic E-state index is 11.9. The van der Waals surface area contributed by atoms with Crippen molar-refractivity contribution >= 4 is 32.3 Å². The number of methoxy groups -OCH3 is 1. The van der Waals surface area contributed by atoms with E-state index in [2.05, 4.69) is 9.29 Å². The minimum Gasteiger partial charge on any atom is -0.497 e. The van der Waals surface area contributed by atoms with Gasteiger partial charge in [-0.2, -0.15) is 0 Å². The van der Waals surface area contributed by atoms with Gasteiger partial charge in [0.1, 0.15) is 5.75 Å². The number of nitrogen functional groups attached to an aromatic ring is 1. The van der Waals surface area contributed by atoms with Crippen LogP contribution in [0.5, 0.6) is 5.75 Å². The summed E-state index contributed by atoms with van der Waals surface area (Å²) in [4.78, 5) is 0. The summed E-state index contributed by atoms with van der Waals surface area (Å²) in [5.41, 5.74) is 10.3. The van der Waals surface area contributed by atoms with E-state index in [0.717, 1.165) is 34.5 Å². The normalized spacial score (nSPS) is 11.7. The number of aryl methyl sites for hydroxylation is 1. The van der Waals surface area contributed by atoms with Crippen molar-refractivity contribution in [1.29, 1.82) is 0 Å². The van der Waals surface area contributed by atoms with Crippen LogP contribution < -0.4 is 15.2 Å². The lowest BCUT2D eigenvalue weighted by Crippen LogP contribution is -2.14. The monoisotopic (exact) mass is 373 g/mol. The number of nitrogens with zero attached hydrogens (tertiary/aromatic N) is 1. The number of ether oxygens (including phenoxy) is 1. The van der Waals surface area contributed by atoms with E-state index >= 15 is 0 Å². The molecule has 0 radical (unpaired) electrons. The molecule has 0 aliphatic rings. The van der Waals surface area contributed by atoms with Crippen LogP contribution in [0.4, 0.5) is 11.4 Å². The van der Waals surface area contributed by atoms with Crippen LogP contribution >= 0.6 is 0 Å². The molecular formula is C19H23N3O3S. The molecule has 1 aromatic heterocycles. The Morgan fingerprint density at radius 3 is 2.58 bits per heavy atom. The molecule has 0 saturated heterocycles. The van der Waals surface area contributed by atoms with Crippen LogP contribution in [0.25, 0.3) is 22.2 Å². The van der Waals surface area contributed by atoms with E-state index in [0.29, 0.717) is 11.4 Å². The van der Waals surface area contributed by atoms with Gasteiger partial charge in [0.2, 0.25) is 10.0 Å². The molecule has 0 spiro atoms. The number of nitrogens with two attached hydrogens (primary N) is 1. The van der Waals surface area contributed by atoms with Crippen molar-refractivity contribution in [1.82, 2.24) is 4.57 Å². The number of anilines is 2. The summed E-state index contributed by atoms with van der Waals surface area (Å²) in [6.45, 7) is 4.37. The highest BCUT2D eigenvalue weighted by atomic mass is 32.2. The Bertz CT molecular complexity index is 1060. The fourth-order valence-electron chi connectivity index (χ4n) is 3.10. The maximum atomic E-state index is 11.9. The zero-order valence-corrected chi connectivity index (χ0v) is 15.9. The van der Waals surface area contributed by atoms with Crippen LogP contribution in [0.15, 0.2) is 42.5 Å². The number of hydrogen-bond acceptors (Lipinski definition) is 4. The average Bonchev–Trinajstić information content (AvgIpc) is 2.92. The highest BCUT2D eigenvalue weighted by molar-refractivity contribution is 7.92. The second-order valence-electron chi connectivity index (χ2n) is 5.98. The van der Waals surface area contributed by atoms with Crippen molar-refractivity contribution in [3.05, 3.63) is 42.5 Å². The topological polar surface area (TPSA) is 86.4 Å². The quantitative estimate of drug-likeness (QED) is 0.690. The van der Waals surface area contributed by atoms with E-state index in [1.165, 1.54) is 0 Å². The van der Waals surface area contributed by atoms with Crippen molar-refractivity contribution in [3.63, 3.8) is 0 Å². The summed E-state index contributed by atoms with van der Waals surface area (Å²) < 4.78 is 33.8. The highest BCUT2D eigenvalue weighted by Gasteiger charge is 2.17. The number of aromatic nitrogens is 1. The number of hydrogen-bond donors (Lipinski definition) is 2. The lowest BCUT2D eigenvalue weighted by molar-refractivity contribution is 0.415. The van der Waals surface area contributed by atoms with E-state index in [-0.39, 0.29) is 5.75 Å². The number of sulfonamides is 1. The lowest BCUT2D eigenvalue weighted by atomic mass is 10.1. The molecule has 0 aliphatic heterocycles. The molecule has 0 aliphatic carbocycles. The Kier molecular flexibility index (Phi) is 4.82. The largest absolute Gasteiger partial charge is 0.497 e. The zero-order valence-electron chi connectivity index (χ0n) is 15.1. The van der Waals surface area contributed by atoms with Crippen LogP contribution in [0.3, 0.4) is 0 Å². The summed E-state index contributed by atoms with van der Waals surface area (Å²) in [6, 6.07) is 13.1. The predicted octanol–water partition coefficient (Wildman–Crippen LogP) is 3.68. The van der Waals surface area contributed by atoms with Gasteiger partial charge >= 0.3 is 0 Å². The van der Waals surface area contributed by atoms with Crippen molar-refractivity contribution < 1.29 is 13.2 Å². The first-order valence-electron chi connectivity index (χ1n) is 8.46. The van der Waals surface area contributed by atoms with Gasteiger partial charge in [0.25, 0.3) is 0 Å². The van der Waals surface area contributed by atoms with Gasteiger partial charge < -0.3 is 15.0 Å². The molecule has 0 saturated carbocycles. The predicted molar refractivity (Wildman–Crippen MR) is 107 cm³/mol. The van der Waals surface area contributed by atoms with Crippen LogP contribution in [0.2, 0.25) is 0 Å². The second kappa shape index (κ2) is 6.92. The molecular weight excluding hydrogens is 350 g/mol. The number of fused-ring (bicyclic) bond motifs is 1. The third-order valence-electron chi connectivity index (χ3n) is 4.42. The SMILES string of the molecule is CCn1c(-c2cccc(NS(=O)(=O)CC)c2)c(N)c2ccc(OC)cc21. The maximum Gasteiger partial charge on any atom is 0.232 e. The molecule has 6 nitrogen and oxygen atoms in total. The second-order valence-corrected chi connectivity index (χ2v) is 7.99. The average molecular weight is 373 g/mol. The fourth-order valence-corrected chi connectivity index (χ4v) is 3.73. The van der Waals surface area contributed by atoms with Crippen LogP contribution in [-0.2, 0) is 16.6 Å². The van der Waals surface area contributed by atoms with Crippen molar-refractivity contribution in [2.75, 3.05) is 23.3 Å². The van der Waals surface area contributed by atoms with E-state index in [9.17, 15) is 8.42 Å². The van der Waals surface area contributed by atoms with Gasteiger partial charge in [0, 0.05) is 29.2 Å². The molecule has 3 aromatic rings. The van der Waals surface area contributed by atoms with E-state index in [4.69, 9.17) is 10.5 Å². The smallest absolute Gasteiger partial charge is 0.232 e. The Labute approximate surface area is 153 Å². The number of benzene rings is 2. The molecule has 0 amide bonds. The fraction of sp³-hybridized carbons (Fsp3) is 0.263. The summed E-state index contributed by atoms with van der Waals surface area (Å²) in [7, 11) is -1.70. The van der Waals surface area contributed by atoms with Gasteiger partial charge in [0.05, 0.1) is 29.8 Å². The van der Waals surface area contributed by atoms with E-state index in [1.807, 2.05) is 37.3 Å². The molecule has 26 heavy (non-hydrogen) atoms. The minimum absolute atomic E-state index is 0.0222. The van der Waals surface area contributed by atoms with Crippen molar-refractivity contribution in [2.24, 2.45) is 0 Å². The molecule has 1 heterocycles. The Hall–Kier alpha value is -2.67. The lowest BCUT2D eigenvalue weighted by Gasteiger charge is -2.12. The molecule has 3 rings (SSSR count). The molecule has 7 heteroatoms. The summed E-state index contributed by atoms with van der Waals surface area (Å²) in [6.07, 6.45) is 0. The van der Waals surface area contributed by atoms with Gasteiger partial charge in [0.15, 0.2) is 0 Å². The first-order valence-corrected chi connectivity index (χ1v) is 10.1. The first-order chi connectivity index (χ1) is 12.4. The summed E-state index contributed by atoms with van der Waals surface area (Å²) >= 11 is 0. The van der Waals surface area contributed by atoms with Crippen molar-refractivity contribution in [3.8, 4) is 17.0 Å². The molecule has 0 unspecified atom stereocenters. The van der Waals surface area contributed by atoms with Crippen LogP contribution in [0, 0.1) is 0 Å². The third kappa shape index (κ3) is 3.22. The standard InChI is InChI=1S/C19H23N3O3S/c1-4-22-17-12-15(25-3)9-10-16(17)18(20)19(22)13-7-6-8-14(11-13)21-26(23,24)5-2/h6-12,21H,4-5,20H2,1-3H3. The molecule has 2 aromatic carbocycles. The zero-order chi connectivity index (χ0) is 18.9.